The van der Waals surface area contributed by atoms with Crippen LogP contribution >= 0.6 is 0 Å². The Hall–Kier alpha value is -2.24. The first-order chi connectivity index (χ1) is 10.5. The van der Waals surface area contributed by atoms with Gasteiger partial charge in [-0.15, -0.1) is 0 Å². The van der Waals surface area contributed by atoms with Gasteiger partial charge in [-0.2, -0.15) is 0 Å². The molecule has 122 valence electrons. The van der Waals surface area contributed by atoms with Gasteiger partial charge in [0.15, 0.2) is 5.96 Å². The molecule has 1 rings (SSSR count). The van der Waals surface area contributed by atoms with Crippen LogP contribution in [0.25, 0.3) is 0 Å². The van der Waals surface area contributed by atoms with Crippen LogP contribution in [0.2, 0.25) is 0 Å². The molecule has 0 bridgehead atoms. The van der Waals surface area contributed by atoms with E-state index in [1.54, 1.807) is 7.11 Å². The number of nitrogens with one attached hydrogen (secondary N) is 3. The predicted molar refractivity (Wildman–Crippen MR) is 89.1 cm³/mol. The Morgan fingerprint density at radius 1 is 1.23 bits per heavy atom. The third-order valence-electron chi connectivity index (χ3n) is 2.80. The van der Waals surface area contributed by atoms with Crippen LogP contribution in [-0.2, 0) is 11.3 Å². The first-order valence-electron chi connectivity index (χ1n) is 7.49. The zero-order chi connectivity index (χ0) is 16.4. The Morgan fingerprint density at radius 2 is 1.91 bits per heavy atom. The second kappa shape index (κ2) is 9.65. The van der Waals surface area contributed by atoms with Crippen LogP contribution in [0, 0.1) is 0 Å². The number of guanidine groups is 1. The van der Waals surface area contributed by atoms with Gasteiger partial charge in [0.1, 0.15) is 12.3 Å². The second-order valence-electron chi connectivity index (χ2n) is 5.12. The Labute approximate surface area is 132 Å². The minimum atomic E-state index is -0.114. The number of methoxy groups -OCH3 is 1. The molecule has 3 N–H and O–H groups in total. The quantitative estimate of drug-likeness (QED) is 0.524. The van der Waals surface area contributed by atoms with Crippen molar-refractivity contribution in [2.45, 2.75) is 33.4 Å². The highest BCUT2D eigenvalue weighted by molar-refractivity contribution is 5.85. The molecule has 0 saturated carbocycles. The van der Waals surface area contributed by atoms with Crippen molar-refractivity contribution in [3.05, 3.63) is 29.8 Å². The highest BCUT2D eigenvalue weighted by atomic mass is 16.5. The summed E-state index contributed by atoms with van der Waals surface area (Å²) in [7, 11) is 1.63. The molecule has 0 saturated heterocycles. The fraction of sp³-hybridized carbons (Fsp3) is 0.500. The highest BCUT2D eigenvalue weighted by Crippen LogP contribution is 2.10. The van der Waals surface area contributed by atoms with Crippen LogP contribution in [-0.4, -0.2) is 38.1 Å². The van der Waals surface area contributed by atoms with Gasteiger partial charge >= 0.3 is 0 Å². The van der Waals surface area contributed by atoms with Crippen molar-refractivity contribution in [2.24, 2.45) is 4.99 Å². The maximum Gasteiger partial charge on any atom is 0.242 e. The van der Waals surface area contributed by atoms with E-state index in [1.807, 2.05) is 45.0 Å². The molecule has 0 fully saturated rings. The van der Waals surface area contributed by atoms with E-state index in [-0.39, 0.29) is 18.5 Å². The Balaban J connectivity index is 2.43. The summed E-state index contributed by atoms with van der Waals surface area (Å²) in [5.41, 5.74) is 1.02. The van der Waals surface area contributed by atoms with Crippen molar-refractivity contribution in [2.75, 3.05) is 20.2 Å². The van der Waals surface area contributed by atoms with Gasteiger partial charge in [0, 0.05) is 19.1 Å². The normalized spacial score (nSPS) is 11.2. The van der Waals surface area contributed by atoms with E-state index in [9.17, 15) is 4.79 Å². The number of amides is 1. The van der Waals surface area contributed by atoms with E-state index in [2.05, 4.69) is 20.9 Å². The van der Waals surface area contributed by atoms with Crippen LogP contribution < -0.4 is 20.7 Å². The van der Waals surface area contributed by atoms with Gasteiger partial charge < -0.3 is 20.7 Å². The number of aliphatic imine (C=N–C) groups is 1. The van der Waals surface area contributed by atoms with Crippen molar-refractivity contribution in [1.29, 1.82) is 0 Å². The van der Waals surface area contributed by atoms with Crippen molar-refractivity contribution in [3.63, 3.8) is 0 Å². The molecule has 0 aliphatic heterocycles. The molecule has 0 radical (unpaired) electrons. The molecule has 0 aliphatic carbocycles. The first-order valence-corrected chi connectivity index (χ1v) is 7.49. The maximum atomic E-state index is 11.8. The summed E-state index contributed by atoms with van der Waals surface area (Å²) in [6.45, 7) is 7.37. The molecule has 1 aromatic rings. The number of nitrogens with zero attached hydrogens (tertiary/aromatic N) is 1. The molecule has 0 heterocycles. The van der Waals surface area contributed by atoms with Crippen LogP contribution in [0.5, 0.6) is 5.75 Å². The summed E-state index contributed by atoms with van der Waals surface area (Å²) in [5.74, 6) is 1.34. The van der Waals surface area contributed by atoms with Crippen LogP contribution in [0.1, 0.15) is 26.3 Å². The maximum absolute atomic E-state index is 11.8. The topological polar surface area (TPSA) is 74.8 Å². The molecule has 0 aliphatic rings. The molecule has 1 amide bonds. The summed E-state index contributed by atoms with van der Waals surface area (Å²) in [6.07, 6.45) is 0. The molecule has 0 aromatic heterocycles. The molecule has 6 nitrogen and oxygen atoms in total. The van der Waals surface area contributed by atoms with Crippen LogP contribution in [0.15, 0.2) is 29.3 Å². The van der Waals surface area contributed by atoms with Crippen LogP contribution in [0.4, 0.5) is 0 Å². The molecule has 0 spiro atoms. The van der Waals surface area contributed by atoms with E-state index >= 15 is 0 Å². The summed E-state index contributed by atoms with van der Waals surface area (Å²) >= 11 is 0. The summed E-state index contributed by atoms with van der Waals surface area (Å²) < 4.78 is 5.10. The SMILES string of the molecule is CCNC(=NCC(=O)NCc1ccc(OC)cc1)NC(C)C. The second-order valence-corrected chi connectivity index (χ2v) is 5.12. The van der Waals surface area contributed by atoms with Crippen LogP contribution in [0.3, 0.4) is 0 Å². The Kier molecular flexibility index (Phi) is 7.81. The van der Waals surface area contributed by atoms with E-state index in [4.69, 9.17) is 4.74 Å². The molecule has 0 atom stereocenters. The Bertz CT molecular complexity index is 483. The molecule has 1 aromatic carbocycles. The molecular weight excluding hydrogens is 280 g/mol. The number of hydrogen-bond acceptors (Lipinski definition) is 3. The third-order valence-corrected chi connectivity index (χ3v) is 2.80. The van der Waals surface area contributed by atoms with Crippen molar-refractivity contribution < 1.29 is 9.53 Å². The predicted octanol–water partition coefficient (Wildman–Crippen LogP) is 1.27. The lowest BCUT2D eigenvalue weighted by Crippen LogP contribution is -2.41. The number of carbonyl (C=O) groups is 1. The lowest BCUT2D eigenvalue weighted by Gasteiger charge is -2.13. The average molecular weight is 306 g/mol. The van der Waals surface area contributed by atoms with E-state index < -0.39 is 0 Å². The van der Waals surface area contributed by atoms with E-state index in [1.165, 1.54) is 0 Å². The van der Waals surface area contributed by atoms with Crippen molar-refractivity contribution in [3.8, 4) is 5.75 Å². The average Bonchev–Trinajstić information content (AvgIpc) is 2.51. The van der Waals surface area contributed by atoms with E-state index in [0.29, 0.717) is 12.5 Å². The standard InChI is InChI=1S/C16H26N4O2/c1-5-17-16(20-12(2)3)19-11-15(21)18-10-13-6-8-14(22-4)9-7-13/h6-9,12H,5,10-11H2,1-4H3,(H,18,21)(H2,17,19,20). The number of rotatable bonds is 7. The molecule has 6 heteroatoms. The fourth-order valence-electron chi connectivity index (χ4n) is 1.74. The van der Waals surface area contributed by atoms with Crippen molar-refractivity contribution in [1.82, 2.24) is 16.0 Å². The first kappa shape index (κ1) is 17.8. The fourth-order valence-corrected chi connectivity index (χ4v) is 1.74. The zero-order valence-electron chi connectivity index (χ0n) is 13.8. The minimum Gasteiger partial charge on any atom is -0.497 e. The smallest absolute Gasteiger partial charge is 0.242 e. The van der Waals surface area contributed by atoms with E-state index in [0.717, 1.165) is 17.9 Å². The lowest BCUT2D eigenvalue weighted by molar-refractivity contribution is -0.119. The summed E-state index contributed by atoms with van der Waals surface area (Å²) in [6, 6.07) is 7.85. The van der Waals surface area contributed by atoms with Crippen molar-refractivity contribution >= 4 is 11.9 Å². The van der Waals surface area contributed by atoms with Gasteiger partial charge in [-0.3, -0.25) is 4.79 Å². The lowest BCUT2D eigenvalue weighted by atomic mass is 10.2. The molecule has 22 heavy (non-hydrogen) atoms. The van der Waals surface area contributed by atoms with Gasteiger partial charge in [0.05, 0.1) is 7.11 Å². The highest BCUT2D eigenvalue weighted by Gasteiger charge is 2.03. The summed E-state index contributed by atoms with van der Waals surface area (Å²) in [4.78, 5) is 16.1. The Morgan fingerprint density at radius 3 is 2.45 bits per heavy atom. The van der Waals surface area contributed by atoms with Gasteiger partial charge in [-0.25, -0.2) is 4.99 Å². The molecule has 0 unspecified atom stereocenters. The number of hydrogen-bond donors (Lipinski definition) is 3. The van der Waals surface area contributed by atoms with Gasteiger partial charge in [0.25, 0.3) is 0 Å². The number of carbonyl (C=O) groups excluding carboxylic acids is 1. The van der Waals surface area contributed by atoms with Gasteiger partial charge in [0.2, 0.25) is 5.91 Å². The summed E-state index contributed by atoms with van der Waals surface area (Å²) in [5, 5.41) is 9.11. The number of benzene rings is 1. The molecular formula is C16H26N4O2. The third kappa shape index (κ3) is 6.97. The monoisotopic (exact) mass is 306 g/mol. The number of ether oxygens (including phenoxy) is 1. The largest absolute Gasteiger partial charge is 0.497 e. The van der Waals surface area contributed by atoms with Gasteiger partial charge in [-0.05, 0) is 38.5 Å². The minimum absolute atomic E-state index is 0.0954. The zero-order valence-corrected chi connectivity index (χ0v) is 13.8. The van der Waals surface area contributed by atoms with Gasteiger partial charge in [-0.1, -0.05) is 12.1 Å².